The second-order valence-electron chi connectivity index (χ2n) is 13.5. The van der Waals surface area contributed by atoms with E-state index >= 15 is 0 Å². The minimum atomic E-state index is -0.489. The molecule has 0 bridgehead atoms. The number of aliphatic imine (C=N–C) groups is 1. The number of aromatic nitrogens is 1. The van der Waals surface area contributed by atoms with E-state index in [9.17, 15) is 0 Å². The minimum Gasteiger partial charge on any atom is -0.455 e. The second-order valence-corrected chi connectivity index (χ2v) is 13.5. The van der Waals surface area contributed by atoms with Crippen molar-refractivity contribution in [3.63, 3.8) is 0 Å². The Labute approximate surface area is 334 Å². The molecule has 0 saturated heterocycles. The van der Waals surface area contributed by atoms with Crippen LogP contribution in [0.1, 0.15) is 27.7 Å². The molecule has 3 heterocycles. The van der Waals surface area contributed by atoms with Crippen LogP contribution in [-0.2, 0) is 0 Å². The summed E-state index contributed by atoms with van der Waals surface area (Å²) < 4.78 is 83.6. The number of amidine groups is 3. The predicted octanol–water partition coefficient (Wildman–Crippen LogP) is 11.3. The van der Waals surface area contributed by atoms with Crippen molar-refractivity contribution in [2.45, 2.75) is 0 Å². The molecule has 1 aliphatic heterocycles. The summed E-state index contributed by atoms with van der Waals surface area (Å²) in [5.74, 6) is 1.80. The lowest BCUT2D eigenvalue weighted by molar-refractivity contribution is 0.668. The molecular weight excluding hydrogens is 685 g/mol. The van der Waals surface area contributed by atoms with Gasteiger partial charge in [-0.15, -0.1) is 0 Å². The highest BCUT2D eigenvalue weighted by molar-refractivity contribution is 6.26. The standard InChI is InChI=1S/C51H32N4O/c1-4-15-33(16-5-1)37-29-38(31-39(30-37)55-45-25-12-10-21-40(45)41-22-11-13-26-46(41)55)36-27-28-47-44(32-36)42-23-14-24-43(48(42)56-47)51-53-49(34-17-6-2-7-18-34)52-50(54-51)35-19-8-3-9-20-35/h1-32H/p+1/i10D,11D,12D,13D,21D,22D,25D,26D. The summed E-state index contributed by atoms with van der Waals surface area (Å²) in [6.07, 6.45) is 0. The van der Waals surface area contributed by atoms with E-state index in [4.69, 9.17) is 25.0 Å². The Morgan fingerprint density at radius 2 is 1.14 bits per heavy atom. The second kappa shape index (κ2) is 13.0. The van der Waals surface area contributed by atoms with Crippen molar-refractivity contribution in [2.24, 2.45) is 4.99 Å². The van der Waals surface area contributed by atoms with Crippen molar-refractivity contribution in [3.05, 3.63) is 211 Å². The summed E-state index contributed by atoms with van der Waals surface area (Å²) in [5.41, 5.74) is 7.61. The third-order valence-corrected chi connectivity index (χ3v) is 10.2. The summed E-state index contributed by atoms with van der Waals surface area (Å²) in [7, 11) is 0. The molecule has 0 aliphatic carbocycles. The van der Waals surface area contributed by atoms with Gasteiger partial charge in [-0.1, -0.05) is 126 Å². The van der Waals surface area contributed by atoms with Crippen LogP contribution in [0, 0.1) is 0 Å². The van der Waals surface area contributed by atoms with Crippen LogP contribution in [0.5, 0.6) is 0 Å². The fourth-order valence-corrected chi connectivity index (χ4v) is 7.53. The maximum Gasteiger partial charge on any atom is 0.360 e. The maximum absolute atomic E-state index is 9.12. The molecule has 11 rings (SSSR count). The van der Waals surface area contributed by atoms with Gasteiger partial charge in [-0.25, -0.2) is 9.98 Å². The van der Waals surface area contributed by atoms with E-state index in [1.807, 2.05) is 140 Å². The maximum atomic E-state index is 9.12. The number of nitrogens with zero attached hydrogens (tertiary/aromatic N) is 3. The molecular formula is C51H33N4O+. The number of hydrogen-bond acceptors (Lipinski definition) is 3. The van der Waals surface area contributed by atoms with E-state index in [0.717, 1.165) is 49.7 Å². The zero-order chi connectivity index (χ0) is 44.0. The van der Waals surface area contributed by atoms with Crippen LogP contribution in [0.4, 0.5) is 0 Å². The normalized spacial score (nSPS) is 14.8. The molecule has 5 heteroatoms. The molecule has 0 amide bonds. The summed E-state index contributed by atoms with van der Waals surface area (Å²) in [6, 6.07) is 43.7. The van der Waals surface area contributed by atoms with Crippen molar-refractivity contribution in [3.8, 4) is 27.9 Å². The first-order valence-electron chi connectivity index (χ1n) is 22.2. The van der Waals surface area contributed by atoms with E-state index in [1.54, 1.807) is 4.57 Å². The highest BCUT2D eigenvalue weighted by Gasteiger charge is 2.28. The molecule has 0 atom stereocenters. The lowest BCUT2D eigenvalue weighted by Crippen LogP contribution is -2.38. The lowest BCUT2D eigenvalue weighted by atomic mass is 9.96. The van der Waals surface area contributed by atoms with Crippen molar-refractivity contribution in [1.82, 2.24) is 14.6 Å². The molecule has 0 radical (unpaired) electrons. The molecule has 10 aromatic rings. The van der Waals surface area contributed by atoms with Crippen LogP contribution in [0.25, 0.3) is 71.7 Å². The summed E-state index contributed by atoms with van der Waals surface area (Å²) in [4.78, 5) is 5.02. The fourth-order valence-electron chi connectivity index (χ4n) is 7.53. The predicted molar refractivity (Wildman–Crippen MR) is 232 cm³/mol. The number of fused-ring (bicyclic) bond motifs is 6. The average molecular weight is 726 g/mol. The first-order chi connectivity index (χ1) is 31.1. The fraction of sp³-hybridized carbons (Fsp3) is 0. The molecule has 0 fully saturated rings. The van der Waals surface area contributed by atoms with Gasteiger partial charge in [0.1, 0.15) is 11.2 Å². The number of para-hydroxylation sites is 3. The molecule has 0 spiro atoms. The van der Waals surface area contributed by atoms with Crippen molar-refractivity contribution in [1.29, 1.82) is 0 Å². The van der Waals surface area contributed by atoms with E-state index in [1.165, 1.54) is 0 Å². The number of rotatable bonds is 6. The Bertz CT molecular complexity index is 3630. The molecule has 1 aliphatic rings. The van der Waals surface area contributed by atoms with Crippen molar-refractivity contribution < 1.29 is 15.4 Å². The van der Waals surface area contributed by atoms with Crippen molar-refractivity contribution in [2.75, 3.05) is 0 Å². The molecule has 8 aromatic carbocycles. The van der Waals surface area contributed by atoms with Crippen LogP contribution in [0.15, 0.2) is 203 Å². The van der Waals surface area contributed by atoms with Gasteiger partial charge in [0.15, 0.2) is 0 Å². The van der Waals surface area contributed by atoms with Gasteiger partial charge < -0.3 is 8.98 Å². The summed E-state index contributed by atoms with van der Waals surface area (Å²) >= 11 is 0. The van der Waals surface area contributed by atoms with Crippen LogP contribution in [0.3, 0.4) is 0 Å². The van der Waals surface area contributed by atoms with Gasteiger partial charge >= 0.3 is 11.7 Å². The first kappa shape index (κ1) is 24.6. The lowest BCUT2D eigenvalue weighted by Gasteiger charge is -2.14. The molecule has 262 valence electrons. The Morgan fingerprint density at radius 3 is 1.84 bits per heavy atom. The Morgan fingerprint density at radius 1 is 0.518 bits per heavy atom. The zero-order valence-electron chi connectivity index (χ0n) is 37.6. The summed E-state index contributed by atoms with van der Waals surface area (Å²) in [5, 5.41) is 5.23. The Hall–Kier alpha value is -7.72. The van der Waals surface area contributed by atoms with E-state index in [-0.39, 0.29) is 46.0 Å². The van der Waals surface area contributed by atoms with E-state index in [2.05, 4.69) is 11.4 Å². The average Bonchev–Trinajstić information content (AvgIpc) is 3.91. The van der Waals surface area contributed by atoms with Gasteiger partial charge in [0.05, 0.1) is 38.7 Å². The SMILES string of the molecule is [2H]c1c([2H])c([2H])c2c(c1[2H])c1c([2H])c([2H])c([2H])c([2H])c1n2-c1cc(-c2ccccc2)cc(-c2ccc3oc4c(C5=NC(c6ccccc6)=[N+]=C(c6ccccc6)N5)cccc4c3c2)c1. The van der Waals surface area contributed by atoms with Crippen LogP contribution < -0.4 is 9.98 Å². The van der Waals surface area contributed by atoms with Crippen LogP contribution in [0.2, 0.25) is 0 Å². The number of furan rings is 1. The monoisotopic (exact) mass is 725 g/mol. The minimum absolute atomic E-state index is 0.0227. The molecule has 0 saturated carbocycles. The van der Waals surface area contributed by atoms with Gasteiger partial charge in [0.25, 0.3) is 5.84 Å². The Balaban J connectivity index is 1.12. The molecule has 5 nitrogen and oxygen atoms in total. The van der Waals surface area contributed by atoms with Crippen LogP contribution in [-0.4, -0.2) is 22.1 Å². The number of benzene rings is 8. The first-order valence-corrected chi connectivity index (χ1v) is 18.2. The summed E-state index contributed by atoms with van der Waals surface area (Å²) in [6.45, 7) is 0. The van der Waals surface area contributed by atoms with Crippen molar-refractivity contribution >= 4 is 61.3 Å². The Kier molecular flexibility index (Phi) is 5.70. The van der Waals surface area contributed by atoms with Gasteiger partial charge in [0.2, 0.25) is 0 Å². The smallest absolute Gasteiger partial charge is 0.360 e. The third-order valence-electron chi connectivity index (χ3n) is 10.2. The third kappa shape index (κ3) is 5.34. The highest BCUT2D eigenvalue weighted by Crippen LogP contribution is 2.38. The van der Waals surface area contributed by atoms with Gasteiger partial charge in [-0.3, -0.25) is 0 Å². The van der Waals surface area contributed by atoms with Crippen LogP contribution >= 0.6 is 0 Å². The van der Waals surface area contributed by atoms with E-state index < -0.39 is 24.2 Å². The highest BCUT2D eigenvalue weighted by atomic mass is 16.3. The topological polar surface area (TPSA) is 56.6 Å². The quantitative estimate of drug-likeness (QED) is 0.174. The zero-order valence-corrected chi connectivity index (χ0v) is 29.6. The number of hydrogen-bond donors (Lipinski definition) is 1. The van der Waals surface area contributed by atoms with Gasteiger partial charge in [-0.2, -0.15) is 0 Å². The number of nitrogens with one attached hydrogen (secondary N) is 1. The van der Waals surface area contributed by atoms with Gasteiger partial charge in [0, 0.05) is 27.2 Å². The largest absolute Gasteiger partial charge is 0.455 e. The van der Waals surface area contributed by atoms with Gasteiger partial charge in [-0.05, 0) is 95.0 Å². The molecule has 56 heavy (non-hydrogen) atoms. The molecule has 1 N–H and O–H groups in total. The molecule has 2 aromatic heterocycles. The molecule has 0 unspecified atom stereocenters. The van der Waals surface area contributed by atoms with E-state index in [0.29, 0.717) is 34.4 Å².